The number of guanidine groups is 1. The fourth-order valence-electron chi connectivity index (χ4n) is 2.79. The van der Waals surface area contributed by atoms with E-state index in [9.17, 15) is 0 Å². The summed E-state index contributed by atoms with van der Waals surface area (Å²) >= 11 is 0. The summed E-state index contributed by atoms with van der Waals surface area (Å²) in [6, 6.07) is 7.66. The number of imidazole rings is 1. The molecule has 0 amide bonds. The number of para-hydroxylation sites is 2. The Morgan fingerprint density at radius 1 is 1.21 bits per heavy atom. The zero-order chi connectivity index (χ0) is 20.2. The maximum absolute atomic E-state index is 5.96. The predicted molar refractivity (Wildman–Crippen MR) is 129 cm³/mol. The first kappa shape index (κ1) is 25.1. The van der Waals surface area contributed by atoms with Gasteiger partial charge in [-0.15, -0.1) is 24.0 Å². The average Bonchev–Trinajstić information content (AvgIpc) is 3.11. The normalized spacial score (nSPS) is 12.1. The lowest BCUT2D eigenvalue weighted by Crippen LogP contribution is -2.38. The maximum Gasteiger partial charge on any atom is 0.191 e. The zero-order valence-electron chi connectivity index (χ0n) is 17.9. The quantitative estimate of drug-likeness (QED) is 0.207. The summed E-state index contributed by atoms with van der Waals surface area (Å²) in [4.78, 5) is 8.89. The number of rotatable bonds is 11. The number of ether oxygens (including phenoxy) is 2. The van der Waals surface area contributed by atoms with Gasteiger partial charge in [-0.05, 0) is 45.7 Å². The fourth-order valence-corrected chi connectivity index (χ4v) is 2.79. The van der Waals surface area contributed by atoms with Crippen molar-refractivity contribution in [1.29, 1.82) is 0 Å². The van der Waals surface area contributed by atoms with Gasteiger partial charge in [0.15, 0.2) is 17.5 Å². The number of aliphatic imine (C=N–C) groups is 1. The topological polar surface area (TPSA) is 72.7 Å². The number of halogens is 1. The molecule has 0 aliphatic carbocycles. The molecular weight excluding hydrogens is 481 g/mol. The van der Waals surface area contributed by atoms with Crippen molar-refractivity contribution in [2.45, 2.75) is 46.3 Å². The summed E-state index contributed by atoms with van der Waals surface area (Å²) in [5.74, 6) is 3.35. The van der Waals surface area contributed by atoms with E-state index in [1.54, 1.807) is 7.11 Å². The van der Waals surface area contributed by atoms with Crippen LogP contribution in [0.5, 0.6) is 11.5 Å². The highest BCUT2D eigenvalue weighted by atomic mass is 127. The SMILES string of the molecule is CCNC(=NCC(C)Oc1ccccc1OC)NCCCCn1ccnc1C.I. The number of benzene rings is 1. The molecule has 162 valence electrons. The summed E-state index contributed by atoms with van der Waals surface area (Å²) in [5.41, 5.74) is 0. The minimum atomic E-state index is -0.0593. The molecule has 0 spiro atoms. The van der Waals surface area contributed by atoms with E-state index in [0.29, 0.717) is 6.54 Å². The summed E-state index contributed by atoms with van der Waals surface area (Å²) < 4.78 is 13.5. The van der Waals surface area contributed by atoms with Gasteiger partial charge in [0.25, 0.3) is 0 Å². The Balaban J connectivity index is 0.00000420. The monoisotopic (exact) mass is 515 g/mol. The number of nitrogens with one attached hydrogen (secondary N) is 2. The standard InChI is InChI=1S/C21H33N5O2.HI/c1-5-22-21(24-12-8-9-14-26-15-13-23-18(26)3)25-16-17(2)28-20-11-7-6-10-19(20)27-4;/h6-7,10-11,13,15,17H,5,8-9,12,14,16H2,1-4H3,(H2,22,24,25);1H. The lowest BCUT2D eigenvalue weighted by molar-refractivity contribution is 0.219. The first-order chi connectivity index (χ1) is 13.6. The minimum Gasteiger partial charge on any atom is -0.493 e. The third kappa shape index (κ3) is 8.93. The van der Waals surface area contributed by atoms with Gasteiger partial charge in [-0.2, -0.15) is 0 Å². The molecule has 1 heterocycles. The smallest absolute Gasteiger partial charge is 0.191 e. The van der Waals surface area contributed by atoms with Crippen LogP contribution in [0, 0.1) is 6.92 Å². The number of hydrogen-bond donors (Lipinski definition) is 2. The summed E-state index contributed by atoms with van der Waals surface area (Å²) in [5, 5.41) is 6.67. The van der Waals surface area contributed by atoms with Gasteiger partial charge in [-0.3, -0.25) is 0 Å². The largest absolute Gasteiger partial charge is 0.493 e. The van der Waals surface area contributed by atoms with E-state index < -0.39 is 0 Å². The van der Waals surface area contributed by atoms with Crippen molar-refractivity contribution in [3.63, 3.8) is 0 Å². The summed E-state index contributed by atoms with van der Waals surface area (Å²) in [6.07, 6.45) is 5.97. The second-order valence-electron chi connectivity index (χ2n) is 6.60. The van der Waals surface area contributed by atoms with E-state index in [1.807, 2.05) is 50.5 Å². The van der Waals surface area contributed by atoms with Crippen molar-refractivity contribution < 1.29 is 9.47 Å². The second kappa shape index (κ2) is 14.1. The molecule has 0 bridgehead atoms. The molecule has 1 aromatic heterocycles. The Hall–Kier alpha value is -1.97. The first-order valence-electron chi connectivity index (χ1n) is 9.93. The van der Waals surface area contributed by atoms with Gasteiger partial charge in [0.1, 0.15) is 11.9 Å². The van der Waals surface area contributed by atoms with Crippen LogP contribution in [0.25, 0.3) is 0 Å². The second-order valence-corrected chi connectivity index (χ2v) is 6.60. The van der Waals surface area contributed by atoms with Crippen molar-refractivity contribution in [2.75, 3.05) is 26.7 Å². The molecule has 29 heavy (non-hydrogen) atoms. The third-order valence-corrected chi connectivity index (χ3v) is 4.29. The van der Waals surface area contributed by atoms with Crippen LogP contribution in [0.2, 0.25) is 0 Å². The molecular formula is C21H34IN5O2. The number of hydrogen-bond acceptors (Lipinski definition) is 4. The Morgan fingerprint density at radius 2 is 1.97 bits per heavy atom. The number of aryl methyl sites for hydroxylation is 2. The van der Waals surface area contributed by atoms with E-state index in [0.717, 1.165) is 55.8 Å². The highest BCUT2D eigenvalue weighted by molar-refractivity contribution is 14.0. The molecule has 1 unspecified atom stereocenters. The zero-order valence-corrected chi connectivity index (χ0v) is 20.2. The molecule has 0 saturated carbocycles. The average molecular weight is 515 g/mol. The number of aromatic nitrogens is 2. The third-order valence-electron chi connectivity index (χ3n) is 4.29. The molecule has 0 aliphatic rings. The summed E-state index contributed by atoms with van der Waals surface area (Å²) in [7, 11) is 1.65. The number of methoxy groups -OCH3 is 1. The number of nitrogens with zero attached hydrogens (tertiary/aromatic N) is 3. The molecule has 2 N–H and O–H groups in total. The Bertz CT molecular complexity index is 735. The van der Waals surface area contributed by atoms with Crippen LogP contribution in [-0.2, 0) is 6.54 Å². The van der Waals surface area contributed by atoms with Crippen molar-refractivity contribution in [1.82, 2.24) is 20.2 Å². The van der Waals surface area contributed by atoms with E-state index in [-0.39, 0.29) is 30.1 Å². The van der Waals surface area contributed by atoms with Crippen LogP contribution >= 0.6 is 24.0 Å². The van der Waals surface area contributed by atoms with E-state index in [1.165, 1.54) is 0 Å². The molecule has 2 rings (SSSR count). The predicted octanol–water partition coefficient (Wildman–Crippen LogP) is 3.62. The molecule has 1 aromatic carbocycles. The van der Waals surface area contributed by atoms with Crippen molar-refractivity contribution in [3.05, 3.63) is 42.5 Å². The van der Waals surface area contributed by atoms with Gasteiger partial charge in [0.2, 0.25) is 0 Å². The Morgan fingerprint density at radius 3 is 2.62 bits per heavy atom. The first-order valence-corrected chi connectivity index (χ1v) is 9.93. The van der Waals surface area contributed by atoms with Gasteiger partial charge < -0.3 is 24.7 Å². The molecule has 1 atom stereocenters. The highest BCUT2D eigenvalue weighted by Gasteiger charge is 2.08. The highest BCUT2D eigenvalue weighted by Crippen LogP contribution is 2.26. The van der Waals surface area contributed by atoms with Crippen LogP contribution in [0.1, 0.15) is 32.5 Å². The Labute approximate surface area is 191 Å². The van der Waals surface area contributed by atoms with E-state index in [2.05, 4.69) is 32.1 Å². The fraction of sp³-hybridized carbons (Fsp3) is 0.524. The molecule has 2 aromatic rings. The van der Waals surface area contributed by atoms with Crippen molar-refractivity contribution in [2.24, 2.45) is 4.99 Å². The number of unbranched alkanes of at least 4 members (excludes halogenated alkanes) is 1. The molecule has 0 radical (unpaired) electrons. The van der Waals surface area contributed by atoms with Crippen LogP contribution in [0.4, 0.5) is 0 Å². The lowest BCUT2D eigenvalue weighted by Gasteiger charge is -2.16. The molecule has 7 nitrogen and oxygen atoms in total. The van der Waals surface area contributed by atoms with E-state index >= 15 is 0 Å². The minimum absolute atomic E-state index is 0. The van der Waals surface area contributed by atoms with Gasteiger partial charge in [-0.1, -0.05) is 12.1 Å². The molecule has 0 saturated heterocycles. The van der Waals surface area contributed by atoms with Crippen molar-refractivity contribution in [3.8, 4) is 11.5 Å². The maximum atomic E-state index is 5.96. The van der Waals surface area contributed by atoms with Crippen molar-refractivity contribution >= 4 is 29.9 Å². The van der Waals surface area contributed by atoms with Crippen LogP contribution in [0.3, 0.4) is 0 Å². The van der Waals surface area contributed by atoms with Crippen LogP contribution in [0.15, 0.2) is 41.7 Å². The molecule has 0 fully saturated rings. The van der Waals surface area contributed by atoms with Gasteiger partial charge >= 0.3 is 0 Å². The Kier molecular flexibility index (Phi) is 12.2. The molecule has 8 heteroatoms. The van der Waals surface area contributed by atoms with Crippen LogP contribution in [-0.4, -0.2) is 48.4 Å². The van der Waals surface area contributed by atoms with E-state index in [4.69, 9.17) is 9.47 Å². The van der Waals surface area contributed by atoms with Gasteiger partial charge in [0, 0.05) is 32.0 Å². The summed E-state index contributed by atoms with van der Waals surface area (Å²) in [6.45, 7) is 9.35. The lowest BCUT2D eigenvalue weighted by atomic mass is 10.3. The van der Waals surface area contributed by atoms with Gasteiger partial charge in [0.05, 0.1) is 13.7 Å². The molecule has 0 aliphatic heterocycles. The van der Waals surface area contributed by atoms with Crippen LogP contribution < -0.4 is 20.1 Å². The van der Waals surface area contributed by atoms with Gasteiger partial charge in [-0.25, -0.2) is 9.98 Å².